The Morgan fingerprint density at radius 1 is 1.57 bits per heavy atom. The first-order chi connectivity index (χ1) is 6.67. The highest BCUT2D eigenvalue weighted by molar-refractivity contribution is 6.06. The van der Waals surface area contributed by atoms with Crippen LogP contribution in [-0.2, 0) is 9.53 Å². The molecular formula is C8H15N3O3. The molecule has 0 aromatic rings. The van der Waals surface area contributed by atoms with Crippen molar-refractivity contribution in [3.63, 3.8) is 0 Å². The van der Waals surface area contributed by atoms with Crippen LogP contribution < -0.4 is 11.1 Å². The van der Waals surface area contributed by atoms with Gasteiger partial charge in [0.05, 0.1) is 0 Å². The minimum absolute atomic E-state index is 0.0415. The lowest BCUT2D eigenvalue weighted by molar-refractivity contribution is -0.131. The molecule has 1 saturated heterocycles. The predicted molar refractivity (Wildman–Crippen MR) is 50.0 cm³/mol. The number of carbonyl (C=O) groups excluding carboxylic acids is 1. The van der Waals surface area contributed by atoms with Crippen molar-refractivity contribution in [2.45, 2.75) is 12.8 Å². The number of carbonyl (C=O) groups is 1. The molecule has 0 aromatic carbocycles. The summed E-state index contributed by atoms with van der Waals surface area (Å²) in [6.45, 7) is 0.896. The minimum atomic E-state index is -0.901. The van der Waals surface area contributed by atoms with E-state index in [1.165, 1.54) is 7.05 Å². The van der Waals surface area contributed by atoms with Crippen LogP contribution in [-0.4, -0.2) is 37.2 Å². The van der Waals surface area contributed by atoms with Gasteiger partial charge in [0.15, 0.2) is 5.84 Å². The summed E-state index contributed by atoms with van der Waals surface area (Å²) in [5.41, 5.74) is 4.64. The lowest BCUT2D eigenvalue weighted by Crippen LogP contribution is -2.51. The van der Waals surface area contributed by atoms with Crippen LogP contribution in [0.4, 0.5) is 0 Å². The molecule has 6 nitrogen and oxygen atoms in total. The third-order valence-corrected chi connectivity index (χ3v) is 2.61. The maximum Gasteiger partial charge on any atom is 0.233 e. The molecule has 0 bridgehead atoms. The van der Waals surface area contributed by atoms with Gasteiger partial charge >= 0.3 is 0 Å². The van der Waals surface area contributed by atoms with Gasteiger partial charge in [0.1, 0.15) is 5.41 Å². The van der Waals surface area contributed by atoms with Gasteiger partial charge in [-0.15, -0.1) is 0 Å². The molecule has 0 radical (unpaired) electrons. The molecule has 1 fully saturated rings. The first-order valence-corrected chi connectivity index (χ1v) is 4.45. The van der Waals surface area contributed by atoms with Crippen LogP contribution in [0.5, 0.6) is 0 Å². The first-order valence-electron chi connectivity index (χ1n) is 4.45. The highest BCUT2D eigenvalue weighted by atomic mass is 16.5. The molecule has 0 spiro atoms. The van der Waals surface area contributed by atoms with Gasteiger partial charge in [0, 0.05) is 20.3 Å². The van der Waals surface area contributed by atoms with E-state index in [0.29, 0.717) is 26.1 Å². The van der Waals surface area contributed by atoms with Crippen LogP contribution in [0.1, 0.15) is 12.8 Å². The van der Waals surface area contributed by atoms with Crippen LogP contribution >= 0.6 is 0 Å². The van der Waals surface area contributed by atoms with Gasteiger partial charge in [-0.25, -0.2) is 0 Å². The van der Waals surface area contributed by atoms with Gasteiger partial charge in [0.2, 0.25) is 5.91 Å². The second-order valence-corrected chi connectivity index (χ2v) is 3.26. The Balaban J connectivity index is 2.94. The summed E-state index contributed by atoms with van der Waals surface area (Å²) >= 11 is 0. The van der Waals surface area contributed by atoms with E-state index in [4.69, 9.17) is 15.7 Å². The van der Waals surface area contributed by atoms with Crippen LogP contribution in [0.15, 0.2) is 5.16 Å². The summed E-state index contributed by atoms with van der Waals surface area (Å²) < 4.78 is 5.14. The average molecular weight is 201 g/mol. The molecule has 80 valence electrons. The topological polar surface area (TPSA) is 96.9 Å². The molecule has 0 atom stereocenters. The van der Waals surface area contributed by atoms with Gasteiger partial charge in [-0.2, -0.15) is 0 Å². The number of hydrogen-bond donors (Lipinski definition) is 3. The molecule has 0 aromatic heterocycles. The molecule has 14 heavy (non-hydrogen) atoms. The Morgan fingerprint density at radius 3 is 2.57 bits per heavy atom. The van der Waals surface area contributed by atoms with Crippen molar-refractivity contribution in [1.82, 2.24) is 5.32 Å². The quantitative estimate of drug-likeness (QED) is 0.237. The van der Waals surface area contributed by atoms with Crippen LogP contribution in [0.25, 0.3) is 0 Å². The van der Waals surface area contributed by atoms with Crippen LogP contribution in [0.2, 0.25) is 0 Å². The molecule has 1 amide bonds. The predicted octanol–water partition coefficient (Wildman–Crippen LogP) is -0.724. The van der Waals surface area contributed by atoms with Gasteiger partial charge < -0.3 is 21.0 Å². The number of amides is 1. The Hall–Kier alpha value is -1.30. The fourth-order valence-electron chi connectivity index (χ4n) is 1.65. The molecule has 0 aliphatic carbocycles. The van der Waals surface area contributed by atoms with Crippen LogP contribution in [0.3, 0.4) is 0 Å². The van der Waals surface area contributed by atoms with E-state index in [0.717, 1.165) is 0 Å². The van der Waals surface area contributed by atoms with Gasteiger partial charge in [-0.1, -0.05) is 5.16 Å². The Bertz CT molecular complexity index is 246. The molecule has 6 heteroatoms. The number of oxime groups is 1. The van der Waals surface area contributed by atoms with Crippen LogP contribution in [0, 0.1) is 5.41 Å². The van der Waals surface area contributed by atoms with Crippen molar-refractivity contribution in [3.05, 3.63) is 0 Å². The SMILES string of the molecule is CNC(=O)C1(C(N)=NO)CCOCC1. The Kier molecular flexibility index (Phi) is 3.29. The van der Waals surface area contributed by atoms with E-state index in [9.17, 15) is 4.79 Å². The number of nitrogens with one attached hydrogen (secondary N) is 1. The standard InChI is InChI=1S/C8H15N3O3/c1-10-7(12)8(6(9)11-13)2-4-14-5-3-8/h13H,2-5H2,1H3,(H2,9,11)(H,10,12). The van der Waals surface area contributed by atoms with E-state index in [-0.39, 0.29) is 11.7 Å². The third kappa shape index (κ3) is 1.65. The number of nitrogens with zero attached hydrogens (tertiary/aromatic N) is 1. The van der Waals surface area contributed by atoms with Crippen molar-refractivity contribution >= 4 is 11.7 Å². The number of rotatable bonds is 2. The minimum Gasteiger partial charge on any atom is -0.409 e. The van der Waals surface area contributed by atoms with E-state index in [1.807, 2.05) is 0 Å². The second-order valence-electron chi connectivity index (χ2n) is 3.26. The van der Waals surface area contributed by atoms with E-state index in [1.54, 1.807) is 0 Å². The normalized spacial score (nSPS) is 21.6. The molecular weight excluding hydrogens is 186 g/mol. The van der Waals surface area contributed by atoms with Crippen molar-refractivity contribution in [3.8, 4) is 0 Å². The van der Waals surface area contributed by atoms with Crippen molar-refractivity contribution < 1.29 is 14.7 Å². The number of amidine groups is 1. The number of ether oxygens (including phenoxy) is 1. The largest absolute Gasteiger partial charge is 0.409 e. The number of hydrogen-bond acceptors (Lipinski definition) is 4. The Labute approximate surface area is 82.1 Å². The van der Waals surface area contributed by atoms with E-state index < -0.39 is 5.41 Å². The molecule has 0 unspecified atom stereocenters. The van der Waals surface area contributed by atoms with Gasteiger partial charge in [-0.3, -0.25) is 4.79 Å². The maximum atomic E-state index is 11.7. The molecule has 1 rings (SSSR count). The second kappa shape index (κ2) is 4.28. The smallest absolute Gasteiger partial charge is 0.233 e. The number of nitrogens with two attached hydrogens (primary N) is 1. The molecule has 1 aliphatic heterocycles. The summed E-state index contributed by atoms with van der Waals surface area (Å²) in [6, 6.07) is 0. The summed E-state index contributed by atoms with van der Waals surface area (Å²) in [5.74, 6) is -0.267. The summed E-state index contributed by atoms with van der Waals surface area (Å²) in [6.07, 6.45) is 0.894. The fraction of sp³-hybridized carbons (Fsp3) is 0.750. The zero-order chi connectivity index (χ0) is 10.6. The molecule has 0 saturated carbocycles. The van der Waals surface area contributed by atoms with Crippen molar-refractivity contribution in [2.75, 3.05) is 20.3 Å². The lowest BCUT2D eigenvalue weighted by atomic mass is 9.78. The first kappa shape index (κ1) is 10.8. The molecule has 4 N–H and O–H groups in total. The average Bonchev–Trinajstić information content (AvgIpc) is 2.27. The zero-order valence-electron chi connectivity index (χ0n) is 8.12. The summed E-state index contributed by atoms with van der Waals surface area (Å²) in [5, 5.41) is 14.1. The van der Waals surface area contributed by atoms with Gasteiger partial charge in [-0.05, 0) is 12.8 Å². The van der Waals surface area contributed by atoms with E-state index >= 15 is 0 Å². The maximum absolute atomic E-state index is 11.7. The lowest BCUT2D eigenvalue weighted by Gasteiger charge is -2.33. The van der Waals surface area contributed by atoms with E-state index in [2.05, 4.69) is 10.5 Å². The van der Waals surface area contributed by atoms with Gasteiger partial charge in [0.25, 0.3) is 0 Å². The monoisotopic (exact) mass is 201 g/mol. The van der Waals surface area contributed by atoms with Crippen molar-refractivity contribution in [1.29, 1.82) is 0 Å². The fourth-order valence-corrected chi connectivity index (χ4v) is 1.65. The highest BCUT2D eigenvalue weighted by Gasteiger charge is 2.43. The van der Waals surface area contributed by atoms with Crippen molar-refractivity contribution in [2.24, 2.45) is 16.3 Å². The summed E-state index contributed by atoms with van der Waals surface area (Å²) in [4.78, 5) is 11.7. The Morgan fingerprint density at radius 2 is 2.14 bits per heavy atom. The highest BCUT2D eigenvalue weighted by Crippen LogP contribution is 2.30. The molecule has 1 heterocycles. The molecule has 1 aliphatic rings. The summed E-state index contributed by atoms with van der Waals surface area (Å²) in [7, 11) is 1.53. The zero-order valence-corrected chi connectivity index (χ0v) is 8.12. The third-order valence-electron chi connectivity index (χ3n) is 2.61.